The van der Waals surface area contributed by atoms with E-state index in [2.05, 4.69) is 5.32 Å². The molecular formula is C13H19FN2O. The van der Waals surface area contributed by atoms with Gasteiger partial charge in [0.1, 0.15) is 5.82 Å². The minimum absolute atomic E-state index is 0.0263. The summed E-state index contributed by atoms with van der Waals surface area (Å²) in [7, 11) is 0. The van der Waals surface area contributed by atoms with E-state index in [0.717, 1.165) is 32.1 Å². The van der Waals surface area contributed by atoms with Crippen LogP contribution >= 0.6 is 0 Å². The summed E-state index contributed by atoms with van der Waals surface area (Å²) in [5.41, 5.74) is 6.88. The largest absolute Gasteiger partial charge is 0.397 e. The molecule has 1 fully saturated rings. The highest BCUT2D eigenvalue weighted by atomic mass is 19.1. The van der Waals surface area contributed by atoms with Crippen molar-refractivity contribution in [3.05, 3.63) is 24.0 Å². The quantitative estimate of drug-likeness (QED) is 0.548. The van der Waals surface area contributed by atoms with E-state index in [1.807, 2.05) is 0 Å². The lowest BCUT2D eigenvalue weighted by Gasteiger charge is -2.23. The lowest BCUT2D eigenvalue weighted by Crippen LogP contribution is -2.32. The number of anilines is 2. The van der Waals surface area contributed by atoms with Crippen LogP contribution in [0.15, 0.2) is 18.2 Å². The molecule has 0 heterocycles. The van der Waals surface area contributed by atoms with Crippen molar-refractivity contribution in [2.45, 2.75) is 44.2 Å². The molecule has 0 spiro atoms. The van der Waals surface area contributed by atoms with Gasteiger partial charge >= 0.3 is 0 Å². The second kappa shape index (κ2) is 5.36. The monoisotopic (exact) mass is 238 g/mol. The number of aliphatic hydroxyl groups excluding tert-OH is 1. The lowest BCUT2D eigenvalue weighted by atomic mass is 10.1. The maximum absolute atomic E-state index is 13.1. The van der Waals surface area contributed by atoms with Crippen molar-refractivity contribution in [2.24, 2.45) is 0 Å². The first-order valence-corrected chi connectivity index (χ1v) is 6.16. The number of aliphatic hydroxyl groups is 1. The molecule has 1 aliphatic carbocycles. The highest BCUT2D eigenvalue weighted by molar-refractivity contribution is 5.66. The molecule has 3 nitrogen and oxygen atoms in total. The molecule has 1 aliphatic rings. The standard InChI is InChI=1S/C13H19FN2O/c14-9-6-7-10(15)12(8-9)16-11-4-2-1-3-5-13(11)17/h6-8,11,13,16-17H,1-5,15H2. The Hall–Kier alpha value is -1.29. The predicted molar refractivity (Wildman–Crippen MR) is 67.3 cm³/mol. The Kier molecular flexibility index (Phi) is 3.84. The summed E-state index contributed by atoms with van der Waals surface area (Å²) in [6.45, 7) is 0. The van der Waals surface area contributed by atoms with Crippen LogP contribution in [0, 0.1) is 5.82 Å². The highest BCUT2D eigenvalue weighted by Gasteiger charge is 2.21. The van der Waals surface area contributed by atoms with Gasteiger partial charge in [-0.2, -0.15) is 0 Å². The van der Waals surface area contributed by atoms with E-state index >= 15 is 0 Å². The average Bonchev–Trinajstić information content (AvgIpc) is 2.50. The Bertz CT molecular complexity index is 384. The second-order valence-electron chi connectivity index (χ2n) is 4.69. The van der Waals surface area contributed by atoms with Crippen LogP contribution in [0.3, 0.4) is 0 Å². The molecule has 4 heteroatoms. The maximum atomic E-state index is 13.1. The zero-order chi connectivity index (χ0) is 12.3. The molecule has 2 rings (SSSR count). The van der Waals surface area contributed by atoms with E-state index in [9.17, 15) is 9.50 Å². The van der Waals surface area contributed by atoms with E-state index in [1.165, 1.54) is 12.1 Å². The molecule has 0 saturated heterocycles. The normalized spacial score (nSPS) is 25.3. The van der Waals surface area contributed by atoms with Crippen LogP contribution in [0.25, 0.3) is 0 Å². The van der Waals surface area contributed by atoms with E-state index in [0.29, 0.717) is 11.4 Å². The number of hydrogen-bond acceptors (Lipinski definition) is 3. The molecular weight excluding hydrogens is 219 g/mol. The minimum Gasteiger partial charge on any atom is -0.397 e. The zero-order valence-corrected chi connectivity index (χ0v) is 9.82. The van der Waals surface area contributed by atoms with E-state index in [-0.39, 0.29) is 18.0 Å². The van der Waals surface area contributed by atoms with Gasteiger partial charge in [0.15, 0.2) is 0 Å². The van der Waals surface area contributed by atoms with E-state index in [1.54, 1.807) is 6.07 Å². The SMILES string of the molecule is Nc1ccc(F)cc1NC1CCCCCC1O. The first-order valence-electron chi connectivity index (χ1n) is 6.16. The molecule has 1 aromatic carbocycles. The number of nitrogens with one attached hydrogen (secondary N) is 1. The van der Waals surface area contributed by atoms with E-state index < -0.39 is 0 Å². The molecule has 0 aromatic heterocycles. The smallest absolute Gasteiger partial charge is 0.125 e. The summed E-state index contributed by atoms with van der Waals surface area (Å²) in [4.78, 5) is 0. The number of halogens is 1. The zero-order valence-electron chi connectivity index (χ0n) is 9.82. The molecule has 0 radical (unpaired) electrons. The minimum atomic E-state index is -0.375. The number of benzene rings is 1. The topological polar surface area (TPSA) is 58.3 Å². The number of hydrogen-bond donors (Lipinski definition) is 3. The third kappa shape index (κ3) is 3.09. The van der Waals surface area contributed by atoms with Crippen LogP contribution in [-0.4, -0.2) is 17.3 Å². The Balaban J connectivity index is 2.10. The Morgan fingerprint density at radius 2 is 2.00 bits per heavy atom. The molecule has 1 aromatic rings. The van der Waals surface area contributed by atoms with Crippen LogP contribution in [0.2, 0.25) is 0 Å². The molecule has 4 N–H and O–H groups in total. The maximum Gasteiger partial charge on any atom is 0.125 e. The summed E-state index contributed by atoms with van der Waals surface area (Å²) in [5, 5.41) is 13.1. The van der Waals surface area contributed by atoms with Crippen molar-refractivity contribution >= 4 is 11.4 Å². The van der Waals surface area contributed by atoms with Crippen molar-refractivity contribution in [3.8, 4) is 0 Å². The fourth-order valence-corrected chi connectivity index (χ4v) is 2.31. The molecule has 2 unspecified atom stereocenters. The van der Waals surface area contributed by atoms with Crippen LogP contribution in [0.1, 0.15) is 32.1 Å². The summed E-state index contributed by atoms with van der Waals surface area (Å²) < 4.78 is 13.1. The third-order valence-corrected chi connectivity index (χ3v) is 3.34. The number of nitrogen functional groups attached to an aromatic ring is 1. The summed E-state index contributed by atoms with van der Waals surface area (Å²) in [5.74, 6) is -0.315. The van der Waals surface area contributed by atoms with Crippen LogP contribution in [0.4, 0.5) is 15.8 Å². The second-order valence-corrected chi connectivity index (χ2v) is 4.69. The molecule has 1 saturated carbocycles. The van der Waals surface area contributed by atoms with Crippen molar-refractivity contribution in [1.29, 1.82) is 0 Å². The van der Waals surface area contributed by atoms with Crippen molar-refractivity contribution in [3.63, 3.8) is 0 Å². The summed E-state index contributed by atoms with van der Waals surface area (Å²) in [6, 6.07) is 4.24. The van der Waals surface area contributed by atoms with Crippen LogP contribution < -0.4 is 11.1 Å². The lowest BCUT2D eigenvalue weighted by molar-refractivity contribution is 0.144. The third-order valence-electron chi connectivity index (χ3n) is 3.34. The van der Waals surface area contributed by atoms with Gasteiger partial charge in [0, 0.05) is 0 Å². The van der Waals surface area contributed by atoms with E-state index in [4.69, 9.17) is 5.73 Å². The average molecular weight is 238 g/mol. The fraction of sp³-hybridized carbons (Fsp3) is 0.538. The first-order chi connectivity index (χ1) is 8.16. The van der Waals surface area contributed by atoms with Gasteiger partial charge < -0.3 is 16.2 Å². The van der Waals surface area contributed by atoms with Gasteiger partial charge in [-0.15, -0.1) is 0 Å². The Labute approximate surface area is 101 Å². The van der Waals surface area contributed by atoms with Crippen molar-refractivity contribution in [1.82, 2.24) is 0 Å². The van der Waals surface area contributed by atoms with Gasteiger partial charge in [0.2, 0.25) is 0 Å². The molecule has 0 aliphatic heterocycles. The predicted octanol–water partition coefficient (Wildman–Crippen LogP) is 2.51. The summed E-state index contributed by atoms with van der Waals surface area (Å²) >= 11 is 0. The molecule has 17 heavy (non-hydrogen) atoms. The number of rotatable bonds is 2. The van der Waals surface area contributed by atoms with Crippen molar-refractivity contribution < 1.29 is 9.50 Å². The van der Waals surface area contributed by atoms with Gasteiger partial charge in [-0.3, -0.25) is 0 Å². The molecule has 0 amide bonds. The summed E-state index contributed by atoms with van der Waals surface area (Å²) in [6.07, 6.45) is 4.61. The van der Waals surface area contributed by atoms with Crippen molar-refractivity contribution in [2.75, 3.05) is 11.1 Å². The van der Waals surface area contributed by atoms with Crippen LogP contribution in [-0.2, 0) is 0 Å². The van der Waals surface area contributed by atoms with Gasteiger partial charge in [-0.25, -0.2) is 4.39 Å². The Morgan fingerprint density at radius 1 is 1.24 bits per heavy atom. The number of nitrogens with two attached hydrogens (primary N) is 1. The molecule has 2 atom stereocenters. The fourth-order valence-electron chi connectivity index (χ4n) is 2.31. The van der Waals surface area contributed by atoms with Gasteiger partial charge in [-0.1, -0.05) is 19.3 Å². The highest BCUT2D eigenvalue weighted by Crippen LogP contribution is 2.25. The van der Waals surface area contributed by atoms with Gasteiger partial charge in [0.05, 0.1) is 23.5 Å². The first kappa shape index (κ1) is 12.2. The van der Waals surface area contributed by atoms with Crippen LogP contribution in [0.5, 0.6) is 0 Å². The molecule has 94 valence electrons. The molecule has 0 bridgehead atoms. The van der Waals surface area contributed by atoms with Gasteiger partial charge in [0.25, 0.3) is 0 Å². The Morgan fingerprint density at radius 3 is 2.82 bits per heavy atom. The van der Waals surface area contributed by atoms with Gasteiger partial charge in [-0.05, 0) is 31.0 Å².